The van der Waals surface area contributed by atoms with Crippen LogP contribution in [0.2, 0.25) is 0 Å². The summed E-state index contributed by atoms with van der Waals surface area (Å²) < 4.78 is 31.5. The summed E-state index contributed by atoms with van der Waals surface area (Å²) >= 11 is 0. The van der Waals surface area contributed by atoms with Crippen LogP contribution in [-0.2, 0) is 13.1 Å². The van der Waals surface area contributed by atoms with E-state index >= 15 is 0 Å². The highest BCUT2D eigenvalue weighted by Crippen LogP contribution is 2.38. The SMILES string of the molecule is O=C(Nc1ccc2c3n([nH]c1-2)CCCN3)c1cc2cc(F)ccc2n1Cc1cccc(F)c1. The van der Waals surface area contributed by atoms with E-state index < -0.39 is 0 Å². The molecule has 0 saturated heterocycles. The standard InChI is InChI=1S/C25H21F2N5O/c26-17-4-1-3-15(11-17)14-31-21-8-5-18(27)12-16(21)13-22(31)25(33)29-20-7-6-19-23(20)30-32-10-2-9-28-24(19)32/h1,3-8,11-13,28,30H,2,9-10,14H2,(H,29,33). The monoisotopic (exact) mass is 445 g/mol. The Labute approximate surface area is 188 Å². The van der Waals surface area contributed by atoms with E-state index in [9.17, 15) is 13.6 Å². The molecule has 3 aliphatic rings. The lowest BCUT2D eigenvalue weighted by Gasteiger charge is -2.16. The summed E-state index contributed by atoms with van der Waals surface area (Å²) in [5.74, 6) is -0.0212. The van der Waals surface area contributed by atoms with Gasteiger partial charge in [0.2, 0.25) is 0 Å². The minimum absolute atomic E-state index is 0.280. The Kier molecular flexibility index (Phi) is 4.46. The zero-order valence-corrected chi connectivity index (χ0v) is 17.7. The summed E-state index contributed by atoms with van der Waals surface area (Å²) in [6.07, 6.45) is 1.03. The number of aryl methyl sites for hydroxylation is 1. The average molecular weight is 445 g/mol. The van der Waals surface area contributed by atoms with Crippen LogP contribution in [0.1, 0.15) is 22.5 Å². The van der Waals surface area contributed by atoms with Crippen LogP contribution in [0.3, 0.4) is 0 Å². The third kappa shape index (κ3) is 3.34. The third-order valence-corrected chi connectivity index (χ3v) is 6.15. The van der Waals surface area contributed by atoms with E-state index in [-0.39, 0.29) is 24.1 Å². The van der Waals surface area contributed by atoms with Gasteiger partial charge in [-0.3, -0.25) is 14.6 Å². The van der Waals surface area contributed by atoms with Crippen molar-refractivity contribution in [3.63, 3.8) is 0 Å². The van der Waals surface area contributed by atoms with E-state index in [1.165, 1.54) is 24.3 Å². The number of aromatic nitrogens is 3. The average Bonchev–Trinajstić information content (AvgIpc) is 3.46. The maximum absolute atomic E-state index is 13.9. The van der Waals surface area contributed by atoms with Crippen molar-refractivity contribution in [1.29, 1.82) is 0 Å². The number of carbonyl (C=O) groups is 1. The van der Waals surface area contributed by atoms with Crippen LogP contribution >= 0.6 is 0 Å². The highest BCUT2D eigenvalue weighted by atomic mass is 19.1. The number of H-pyrrole nitrogens is 1. The van der Waals surface area contributed by atoms with Gasteiger partial charge in [0.1, 0.15) is 23.1 Å². The van der Waals surface area contributed by atoms with Crippen LogP contribution in [0.15, 0.2) is 60.7 Å². The topological polar surface area (TPSA) is 66.8 Å². The van der Waals surface area contributed by atoms with Crippen molar-refractivity contribution in [2.45, 2.75) is 19.5 Å². The fourth-order valence-electron chi connectivity index (χ4n) is 4.64. The molecule has 2 aliphatic heterocycles. The van der Waals surface area contributed by atoms with E-state index in [0.717, 1.165) is 36.6 Å². The lowest BCUT2D eigenvalue weighted by molar-refractivity contribution is 0.101. The van der Waals surface area contributed by atoms with E-state index in [2.05, 4.69) is 15.7 Å². The minimum Gasteiger partial charge on any atom is -0.370 e. The molecule has 2 aromatic carbocycles. The van der Waals surface area contributed by atoms with Crippen LogP contribution in [-0.4, -0.2) is 26.8 Å². The number of fused-ring (bicyclic) bond motifs is 4. The number of anilines is 2. The molecule has 3 N–H and O–H groups in total. The van der Waals surface area contributed by atoms with Gasteiger partial charge in [-0.25, -0.2) is 8.78 Å². The number of amides is 1. The van der Waals surface area contributed by atoms with Gasteiger partial charge in [0.25, 0.3) is 5.91 Å². The van der Waals surface area contributed by atoms with Gasteiger partial charge < -0.3 is 15.2 Å². The maximum atomic E-state index is 13.9. The molecule has 166 valence electrons. The molecule has 33 heavy (non-hydrogen) atoms. The van der Waals surface area contributed by atoms with Gasteiger partial charge in [0.05, 0.1) is 11.4 Å². The Morgan fingerprint density at radius 3 is 2.79 bits per heavy atom. The maximum Gasteiger partial charge on any atom is 0.272 e. The van der Waals surface area contributed by atoms with Crippen LogP contribution in [0.5, 0.6) is 0 Å². The molecule has 0 bridgehead atoms. The summed E-state index contributed by atoms with van der Waals surface area (Å²) in [7, 11) is 0. The molecular weight excluding hydrogens is 424 g/mol. The molecule has 0 radical (unpaired) electrons. The van der Waals surface area contributed by atoms with Gasteiger partial charge in [0, 0.05) is 36.1 Å². The van der Waals surface area contributed by atoms with E-state index in [1.807, 2.05) is 16.8 Å². The summed E-state index contributed by atoms with van der Waals surface area (Å²) in [4.78, 5) is 13.4. The van der Waals surface area contributed by atoms with Crippen molar-refractivity contribution in [1.82, 2.24) is 14.3 Å². The van der Waals surface area contributed by atoms with Gasteiger partial charge in [0.15, 0.2) is 0 Å². The van der Waals surface area contributed by atoms with Crippen molar-refractivity contribution in [3.05, 3.63) is 83.6 Å². The molecule has 1 amide bonds. The smallest absolute Gasteiger partial charge is 0.272 e. The molecule has 0 fully saturated rings. The summed E-state index contributed by atoms with van der Waals surface area (Å²) in [5.41, 5.74) is 4.33. The predicted octanol–water partition coefficient (Wildman–Crippen LogP) is 5.27. The molecule has 1 aromatic heterocycles. The lowest BCUT2D eigenvalue weighted by Crippen LogP contribution is -2.18. The number of aromatic amines is 1. The second-order valence-electron chi connectivity index (χ2n) is 8.33. The molecule has 0 spiro atoms. The molecule has 0 atom stereocenters. The van der Waals surface area contributed by atoms with Crippen LogP contribution in [0.25, 0.3) is 22.2 Å². The number of rotatable bonds is 4. The van der Waals surface area contributed by atoms with Crippen molar-refractivity contribution in [3.8, 4) is 11.3 Å². The summed E-state index contributed by atoms with van der Waals surface area (Å²) in [6.45, 7) is 2.08. The Morgan fingerprint density at radius 1 is 1.03 bits per heavy atom. The van der Waals surface area contributed by atoms with Crippen molar-refractivity contribution < 1.29 is 13.6 Å². The second-order valence-corrected chi connectivity index (χ2v) is 8.33. The van der Waals surface area contributed by atoms with Gasteiger partial charge in [-0.2, -0.15) is 0 Å². The largest absolute Gasteiger partial charge is 0.370 e. The summed E-state index contributed by atoms with van der Waals surface area (Å²) in [6, 6.07) is 16.2. The number of carbonyl (C=O) groups excluding carboxylic acids is 1. The van der Waals surface area contributed by atoms with Crippen LogP contribution in [0, 0.1) is 11.6 Å². The highest BCUT2D eigenvalue weighted by molar-refractivity contribution is 6.08. The van der Waals surface area contributed by atoms with Gasteiger partial charge in [-0.05, 0) is 60.5 Å². The third-order valence-electron chi connectivity index (χ3n) is 6.15. The Hall–Kier alpha value is -4.07. The number of halogens is 2. The predicted molar refractivity (Wildman–Crippen MR) is 124 cm³/mol. The zero-order chi connectivity index (χ0) is 22.5. The number of nitrogens with zero attached hydrogens (tertiary/aromatic N) is 2. The first kappa shape index (κ1) is 19.6. The fraction of sp³-hybridized carbons (Fsp3) is 0.160. The first-order valence-corrected chi connectivity index (χ1v) is 10.9. The Bertz CT molecular complexity index is 1480. The molecule has 8 heteroatoms. The van der Waals surface area contributed by atoms with E-state index in [4.69, 9.17) is 0 Å². The molecule has 0 saturated carbocycles. The van der Waals surface area contributed by atoms with E-state index in [1.54, 1.807) is 28.8 Å². The van der Waals surface area contributed by atoms with Crippen LogP contribution in [0.4, 0.5) is 20.3 Å². The van der Waals surface area contributed by atoms with Crippen LogP contribution < -0.4 is 10.6 Å². The number of benzene rings is 2. The first-order chi connectivity index (χ1) is 16.1. The van der Waals surface area contributed by atoms with Gasteiger partial charge in [-0.15, -0.1) is 0 Å². The Morgan fingerprint density at radius 2 is 1.91 bits per heavy atom. The molecule has 6 nitrogen and oxygen atoms in total. The molecule has 3 aromatic rings. The van der Waals surface area contributed by atoms with Crippen molar-refractivity contribution in [2.24, 2.45) is 0 Å². The van der Waals surface area contributed by atoms with Crippen molar-refractivity contribution in [2.75, 3.05) is 17.2 Å². The fourth-order valence-corrected chi connectivity index (χ4v) is 4.64. The Balaban J connectivity index is 1.38. The first-order valence-electron chi connectivity index (χ1n) is 10.9. The van der Waals surface area contributed by atoms with E-state index in [0.29, 0.717) is 27.8 Å². The normalized spacial score (nSPS) is 13.3. The molecular formula is C25H21F2N5O. The number of hydrogen-bond donors (Lipinski definition) is 3. The molecule has 3 heterocycles. The minimum atomic E-state index is -0.378. The van der Waals surface area contributed by atoms with Crippen molar-refractivity contribution >= 4 is 28.3 Å². The lowest BCUT2D eigenvalue weighted by atomic mass is 10.2. The number of nitrogens with one attached hydrogen (secondary N) is 3. The summed E-state index contributed by atoms with van der Waals surface area (Å²) in [5, 5.41) is 10.4. The molecule has 6 rings (SSSR count). The molecule has 1 aliphatic carbocycles. The second kappa shape index (κ2) is 7.51. The van der Waals surface area contributed by atoms with Gasteiger partial charge in [-0.1, -0.05) is 12.1 Å². The quantitative estimate of drug-likeness (QED) is 0.353. The van der Waals surface area contributed by atoms with Gasteiger partial charge >= 0.3 is 0 Å². The zero-order valence-electron chi connectivity index (χ0n) is 17.7. The molecule has 0 unspecified atom stereocenters. The number of hydrogen-bond acceptors (Lipinski definition) is 2. The highest BCUT2D eigenvalue weighted by Gasteiger charge is 2.24.